The molecule has 27 heavy (non-hydrogen) atoms. The number of aromatic nitrogens is 4. The highest BCUT2D eigenvalue weighted by Gasteiger charge is 2.43. The molecule has 0 bridgehead atoms. The predicted molar refractivity (Wildman–Crippen MR) is 86.8 cm³/mol. The fraction of sp³-hybridized carbons (Fsp3) is 0.625. The van der Waals surface area contributed by atoms with Gasteiger partial charge in [-0.15, -0.1) is 0 Å². The summed E-state index contributed by atoms with van der Waals surface area (Å²) in [6, 6.07) is -0.376. The van der Waals surface area contributed by atoms with E-state index in [1.807, 2.05) is 0 Å². The van der Waals surface area contributed by atoms with Gasteiger partial charge < -0.3 is 9.72 Å². The molecule has 0 spiro atoms. The van der Waals surface area contributed by atoms with Crippen molar-refractivity contribution in [3.05, 3.63) is 22.4 Å². The molecule has 2 aromatic heterocycles. The van der Waals surface area contributed by atoms with E-state index in [1.165, 1.54) is 17.3 Å². The van der Waals surface area contributed by atoms with Crippen LogP contribution in [0.1, 0.15) is 37.5 Å². The average Bonchev–Trinajstić information content (AvgIpc) is 3.16. The number of rotatable bonds is 4. The van der Waals surface area contributed by atoms with Crippen molar-refractivity contribution in [1.82, 2.24) is 25.1 Å². The summed E-state index contributed by atoms with van der Waals surface area (Å²) in [4.78, 5) is 30.6. The van der Waals surface area contributed by atoms with Gasteiger partial charge in [0.1, 0.15) is 11.2 Å². The molecule has 0 radical (unpaired) electrons. The number of esters is 1. The molecule has 2 aliphatic rings. The van der Waals surface area contributed by atoms with Gasteiger partial charge in [0.25, 0.3) is 5.56 Å². The second kappa shape index (κ2) is 6.63. The number of H-pyrrole nitrogens is 1. The molecule has 2 unspecified atom stereocenters. The van der Waals surface area contributed by atoms with Gasteiger partial charge in [-0.3, -0.25) is 10.1 Å². The second-order valence-corrected chi connectivity index (χ2v) is 7.03. The number of ether oxygens (including phenoxy) is 1. The Kier molecular flexibility index (Phi) is 4.41. The molecule has 1 aliphatic heterocycles. The largest absolute Gasteiger partial charge is 0.490 e. The summed E-state index contributed by atoms with van der Waals surface area (Å²) in [5.41, 5.74) is 0.106. The Bertz CT molecular complexity index is 918. The zero-order chi connectivity index (χ0) is 19.2. The van der Waals surface area contributed by atoms with Crippen LogP contribution in [0.2, 0.25) is 0 Å². The number of nitrogens with one attached hydrogen (secondary N) is 2. The number of nitrogens with zero attached hydrogens (tertiary/aromatic N) is 3. The van der Waals surface area contributed by atoms with E-state index >= 15 is 0 Å². The van der Waals surface area contributed by atoms with Crippen LogP contribution in [0, 0.1) is 5.92 Å². The first-order valence-corrected chi connectivity index (χ1v) is 8.79. The number of aromatic amines is 1. The first-order chi connectivity index (χ1) is 12.8. The van der Waals surface area contributed by atoms with Crippen molar-refractivity contribution in [1.29, 1.82) is 0 Å². The fourth-order valence-electron chi connectivity index (χ4n) is 3.47. The molecule has 2 aromatic rings. The molecular formula is C16H18F3N5O3. The van der Waals surface area contributed by atoms with E-state index in [9.17, 15) is 22.8 Å². The van der Waals surface area contributed by atoms with Gasteiger partial charge >= 0.3 is 12.1 Å². The number of carbonyl (C=O) groups is 1. The molecule has 11 heteroatoms. The molecule has 2 atom stereocenters. The van der Waals surface area contributed by atoms with E-state index < -0.39 is 18.4 Å². The minimum atomic E-state index is -5.04. The van der Waals surface area contributed by atoms with Crippen LogP contribution in [0.25, 0.3) is 11.0 Å². The van der Waals surface area contributed by atoms with Crippen molar-refractivity contribution >= 4 is 17.0 Å². The standard InChI is InChI=1S/C16H18F3N5O3/c17-16(18,19)15(26)27-12-5-9(6-20-12)24-13-10(7-21-24)14(25)23-11(22-13)4-8-2-1-3-8/h7-9,12,20H,1-6H2,(H,22,23,25). The van der Waals surface area contributed by atoms with Gasteiger partial charge in [-0.25, -0.2) is 14.5 Å². The molecule has 1 aliphatic carbocycles. The number of carbonyl (C=O) groups excluding carboxylic acids is 1. The fourth-order valence-corrected chi connectivity index (χ4v) is 3.47. The highest BCUT2D eigenvalue weighted by molar-refractivity contribution is 5.76. The summed E-state index contributed by atoms with van der Waals surface area (Å²) in [7, 11) is 0. The van der Waals surface area contributed by atoms with Crippen molar-refractivity contribution in [2.45, 2.75) is 50.6 Å². The van der Waals surface area contributed by atoms with Crippen LogP contribution in [-0.2, 0) is 16.0 Å². The van der Waals surface area contributed by atoms with Crippen molar-refractivity contribution in [3.8, 4) is 0 Å². The molecule has 3 heterocycles. The van der Waals surface area contributed by atoms with Crippen LogP contribution in [-0.4, -0.2) is 44.7 Å². The lowest BCUT2D eigenvalue weighted by molar-refractivity contribution is -0.205. The maximum atomic E-state index is 12.3. The Balaban J connectivity index is 1.53. The molecular weight excluding hydrogens is 367 g/mol. The SMILES string of the molecule is O=C(OC1CC(n2ncc3c(=O)[nH]c(CC4CCC4)nc32)CN1)C(F)(F)F. The Morgan fingerprint density at radius 3 is 2.81 bits per heavy atom. The van der Waals surface area contributed by atoms with E-state index in [1.54, 1.807) is 0 Å². The first kappa shape index (κ1) is 18.0. The maximum Gasteiger partial charge on any atom is 0.490 e. The van der Waals surface area contributed by atoms with Gasteiger partial charge in [0.2, 0.25) is 0 Å². The van der Waals surface area contributed by atoms with Crippen LogP contribution in [0.4, 0.5) is 13.2 Å². The zero-order valence-electron chi connectivity index (χ0n) is 14.3. The van der Waals surface area contributed by atoms with Crippen LogP contribution >= 0.6 is 0 Å². The molecule has 0 amide bonds. The molecule has 146 valence electrons. The lowest BCUT2D eigenvalue weighted by Gasteiger charge is -2.24. The molecule has 2 N–H and O–H groups in total. The number of hydrogen-bond acceptors (Lipinski definition) is 6. The summed E-state index contributed by atoms with van der Waals surface area (Å²) in [6.07, 6.45) is -0.525. The Morgan fingerprint density at radius 2 is 2.15 bits per heavy atom. The van der Waals surface area contributed by atoms with Crippen molar-refractivity contribution in [3.63, 3.8) is 0 Å². The number of hydrogen-bond donors (Lipinski definition) is 2. The van der Waals surface area contributed by atoms with Gasteiger partial charge in [-0.1, -0.05) is 19.3 Å². The smallest absolute Gasteiger partial charge is 0.440 e. The summed E-state index contributed by atoms with van der Waals surface area (Å²) in [5, 5.41) is 7.23. The molecule has 0 aromatic carbocycles. The summed E-state index contributed by atoms with van der Waals surface area (Å²) in [6.45, 7) is 0.249. The summed E-state index contributed by atoms with van der Waals surface area (Å²) < 4.78 is 43.0. The molecule has 8 nitrogen and oxygen atoms in total. The van der Waals surface area contributed by atoms with E-state index in [0.29, 0.717) is 29.2 Å². The van der Waals surface area contributed by atoms with Gasteiger partial charge in [0.15, 0.2) is 11.9 Å². The van der Waals surface area contributed by atoms with Gasteiger partial charge in [-0.2, -0.15) is 18.3 Å². The van der Waals surface area contributed by atoms with Crippen molar-refractivity contribution < 1.29 is 22.7 Å². The lowest BCUT2D eigenvalue weighted by atomic mass is 9.83. The highest BCUT2D eigenvalue weighted by atomic mass is 19.4. The van der Waals surface area contributed by atoms with Crippen LogP contribution in [0.15, 0.2) is 11.0 Å². The van der Waals surface area contributed by atoms with Crippen LogP contribution < -0.4 is 10.9 Å². The van der Waals surface area contributed by atoms with Crippen LogP contribution in [0.5, 0.6) is 0 Å². The second-order valence-electron chi connectivity index (χ2n) is 7.03. The minimum absolute atomic E-state index is 0.102. The summed E-state index contributed by atoms with van der Waals surface area (Å²) >= 11 is 0. The maximum absolute atomic E-state index is 12.3. The van der Waals surface area contributed by atoms with Gasteiger partial charge in [0, 0.05) is 19.4 Å². The van der Waals surface area contributed by atoms with Crippen molar-refractivity contribution in [2.24, 2.45) is 5.92 Å². The predicted octanol–water partition coefficient (Wildman–Crippen LogP) is 1.43. The third kappa shape index (κ3) is 3.55. The average molecular weight is 385 g/mol. The Hall–Kier alpha value is -2.43. The van der Waals surface area contributed by atoms with E-state index in [4.69, 9.17) is 0 Å². The Morgan fingerprint density at radius 1 is 1.37 bits per heavy atom. The monoisotopic (exact) mass is 385 g/mol. The first-order valence-electron chi connectivity index (χ1n) is 8.79. The quantitative estimate of drug-likeness (QED) is 0.772. The highest BCUT2D eigenvalue weighted by Crippen LogP contribution is 2.29. The molecule has 1 saturated carbocycles. The Labute approximate surface area is 151 Å². The topological polar surface area (TPSA) is 102 Å². The van der Waals surface area contributed by atoms with Crippen LogP contribution in [0.3, 0.4) is 0 Å². The van der Waals surface area contributed by atoms with Gasteiger partial charge in [0.05, 0.1) is 12.2 Å². The lowest BCUT2D eigenvalue weighted by Crippen LogP contribution is -2.34. The number of halogens is 3. The molecule has 2 fully saturated rings. The van der Waals surface area contributed by atoms with Crippen molar-refractivity contribution in [2.75, 3.05) is 6.54 Å². The van der Waals surface area contributed by atoms with Gasteiger partial charge in [-0.05, 0) is 5.92 Å². The molecule has 1 saturated heterocycles. The minimum Gasteiger partial charge on any atom is -0.440 e. The summed E-state index contributed by atoms with van der Waals surface area (Å²) in [5.74, 6) is -1.13. The van der Waals surface area contributed by atoms with E-state index in [-0.39, 0.29) is 24.6 Å². The van der Waals surface area contributed by atoms with E-state index in [0.717, 1.165) is 12.8 Å². The third-order valence-electron chi connectivity index (χ3n) is 5.11. The molecule has 4 rings (SSSR count). The number of fused-ring (bicyclic) bond motifs is 1. The normalized spacial score (nSPS) is 23.5. The number of alkyl halides is 3. The zero-order valence-corrected chi connectivity index (χ0v) is 14.3. The third-order valence-corrected chi connectivity index (χ3v) is 5.11. The van der Waals surface area contributed by atoms with E-state index in [2.05, 4.69) is 25.1 Å².